The van der Waals surface area contributed by atoms with Crippen LogP contribution >= 0.6 is 15.9 Å². The van der Waals surface area contributed by atoms with Gasteiger partial charge in [0.2, 0.25) is 5.91 Å². The highest BCUT2D eigenvalue weighted by molar-refractivity contribution is 9.10. The van der Waals surface area contributed by atoms with Crippen LogP contribution < -0.4 is 15.4 Å². The van der Waals surface area contributed by atoms with Gasteiger partial charge in [-0.1, -0.05) is 6.07 Å². The smallest absolute Gasteiger partial charge is 0.322 e. The second-order valence-electron chi connectivity index (χ2n) is 4.17. The van der Waals surface area contributed by atoms with E-state index >= 15 is 0 Å². The fourth-order valence-corrected chi connectivity index (χ4v) is 1.94. The summed E-state index contributed by atoms with van der Waals surface area (Å²) in [5, 5.41) is 12.8. The third kappa shape index (κ3) is 6.75. The van der Waals surface area contributed by atoms with E-state index in [1.54, 1.807) is 6.07 Å². The molecule has 21 heavy (non-hydrogen) atoms. The summed E-state index contributed by atoms with van der Waals surface area (Å²) in [6.07, 6.45) is 0. The highest BCUT2D eigenvalue weighted by Gasteiger charge is 2.08. The topological polar surface area (TPSA) is 105 Å². The number of nitrogens with one attached hydrogen (secondary N) is 2. The molecule has 2 amide bonds. The number of carboxylic acid groups (broad SMARTS) is 1. The summed E-state index contributed by atoms with van der Waals surface area (Å²) in [7, 11) is 0. The quantitative estimate of drug-likeness (QED) is 0.656. The van der Waals surface area contributed by atoms with E-state index in [1.807, 2.05) is 19.1 Å². The fraction of sp³-hybridized carbons (Fsp3) is 0.308. The van der Waals surface area contributed by atoms with Gasteiger partial charge in [-0.25, -0.2) is 0 Å². The lowest BCUT2D eigenvalue weighted by Crippen LogP contribution is -2.40. The third-order valence-electron chi connectivity index (χ3n) is 2.33. The molecule has 0 heterocycles. The van der Waals surface area contributed by atoms with Crippen LogP contribution in [0, 0.1) is 6.92 Å². The van der Waals surface area contributed by atoms with Crippen molar-refractivity contribution >= 4 is 33.7 Å². The number of carboxylic acids is 1. The first-order valence-electron chi connectivity index (χ1n) is 6.02. The fourth-order valence-electron chi connectivity index (χ4n) is 1.33. The molecule has 0 radical (unpaired) electrons. The van der Waals surface area contributed by atoms with Crippen molar-refractivity contribution in [1.29, 1.82) is 0 Å². The molecule has 0 aliphatic rings. The number of ether oxygens (including phenoxy) is 1. The van der Waals surface area contributed by atoms with E-state index in [4.69, 9.17) is 9.84 Å². The van der Waals surface area contributed by atoms with Crippen LogP contribution in [0.3, 0.4) is 0 Å². The van der Waals surface area contributed by atoms with Crippen LogP contribution in [-0.4, -0.2) is 42.6 Å². The number of halogens is 1. The van der Waals surface area contributed by atoms with Crippen LogP contribution in [0.5, 0.6) is 5.75 Å². The minimum Gasteiger partial charge on any atom is -0.483 e. The molecule has 1 aromatic carbocycles. The molecule has 0 aromatic heterocycles. The maximum absolute atomic E-state index is 11.5. The van der Waals surface area contributed by atoms with E-state index in [1.165, 1.54) is 0 Å². The summed E-state index contributed by atoms with van der Waals surface area (Å²) in [6.45, 7) is 0.900. The van der Waals surface area contributed by atoms with E-state index in [9.17, 15) is 14.4 Å². The average molecular weight is 359 g/mol. The maximum Gasteiger partial charge on any atom is 0.322 e. The van der Waals surface area contributed by atoms with E-state index in [0.717, 1.165) is 10.0 Å². The molecule has 0 atom stereocenters. The number of carbonyl (C=O) groups excluding carboxylic acids is 2. The summed E-state index contributed by atoms with van der Waals surface area (Å²) in [6, 6.07) is 5.43. The Morgan fingerprint density at radius 3 is 2.48 bits per heavy atom. The van der Waals surface area contributed by atoms with Crippen molar-refractivity contribution in [1.82, 2.24) is 10.6 Å². The van der Waals surface area contributed by atoms with Crippen LogP contribution in [0.15, 0.2) is 22.7 Å². The summed E-state index contributed by atoms with van der Waals surface area (Å²) >= 11 is 3.32. The minimum atomic E-state index is -1.15. The van der Waals surface area contributed by atoms with Gasteiger partial charge in [0.1, 0.15) is 12.3 Å². The Morgan fingerprint density at radius 1 is 1.19 bits per heavy atom. The number of carbonyl (C=O) groups is 3. The van der Waals surface area contributed by atoms with Crippen molar-refractivity contribution in [2.45, 2.75) is 6.92 Å². The molecule has 7 nitrogen and oxygen atoms in total. The number of aliphatic carboxylic acids is 1. The zero-order chi connectivity index (χ0) is 15.8. The van der Waals surface area contributed by atoms with E-state index in [0.29, 0.717) is 5.75 Å². The Bertz CT molecular complexity index is 547. The van der Waals surface area contributed by atoms with Gasteiger partial charge >= 0.3 is 5.97 Å². The molecule has 0 aliphatic carbocycles. The van der Waals surface area contributed by atoms with Crippen molar-refractivity contribution in [2.75, 3.05) is 19.7 Å². The Labute approximate surface area is 129 Å². The maximum atomic E-state index is 11.5. The molecular formula is C13H15BrN2O5. The van der Waals surface area contributed by atoms with Crippen LogP contribution in [0.2, 0.25) is 0 Å². The van der Waals surface area contributed by atoms with E-state index < -0.39 is 24.3 Å². The van der Waals surface area contributed by atoms with Crippen molar-refractivity contribution in [3.63, 3.8) is 0 Å². The van der Waals surface area contributed by atoms with Gasteiger partial charge in [-0.05, 0) is 40.5 Å². The van der Waals surface area contributed by atoms with Gasteiger partial charge in [-0.2, -0.15) is 0 Å². The molecule has 1 aromatic rings. The van der Waals surface area contributed by atoms with Gasteiger partial charge in [-0.15, -0.1) is 0 Å². The van der Waals surface area contributed by atoms with Crippen molar-refractivity contribution < 1.29 is 24.2 Å². The largest absolute Gasteiger partial charge is 0.483 e. The van der Waals surface area contributed by atoms with E-state index in [2.05, 4.69) is 26.6 Å². The summed E-state index contributed by atoms with van der Waals surface area (Å²) in [5.74, 6) is -1.69. The third-order valence-corrected chi connectivity index (χ3v) is 2.95. The number of benzene rings is 1. The van der Waals surface area contributed by atoms with Crippen molar-refractivity contribution in [3.05, 3.63) is 28.2 Å². The van der Waals surface area contributed by atoms with E-state index in [-0.39, 0.29) is 13.2 Å². The molecule has 0 aliphatic heterocycles. The SMILES string of the molecule is Cc1ccc(OCC(=O)NCC(=O)NCC(=O)O)c(Br)c1. The van der Waals surface area contributed by atoms with Crippen molar-refractivity contribution in [2.24, 2.45) is 0 Å². The lowest BCUT2D eigenvalue weighted by atomic mass is 10.2. The van der Waals surface area contributed by atoms with Gasteiger partial charge in [0.05, 0.1) is 11.0 Å². The van der Waals surface area contributed by atoms with Crippen molar-refractivity contribution in [3.8, 4) is 5.75 Å². The van der Waals surface area contributed by atoms with Crippen LogP contribution in [0.1, 0.15) is 5.56 Å². The lowest BCUT2D eigenvalue weighted by Gasteiger charge is -2.09. The molecule has 3 N–H and O–H groups in total. The first-order chi connectivity index (χ1) is 9.88. The standard InChI is InChI=1S/C13H15BrN2O5/c1-8-2-3-10(9(14)4-8)21-7-12(18)15-5-11(17)16-6-13(19)20/h2-4H,5-7H2,1H3,(H,15,18)(H,16,17)(H,19,20). The Morgan fingerprint density at radius 2 is 1.86 bits per heavy atom. The number of aryl methyl sites for hydroxylation is 1. The molecule has 0 fully saturated rings. The van der Waals surface area contributed by atoms with Crippen LogP contribution in [0.25, 0.3) is 0 Å². The normalized spacial score (nSPS) is 9.81. The molecule has 114 valence electrons. The number of hydrogen-bond acceptors (Lipinski definition) is 4. The summed E-state index contributed by atoms with van der Waals surface area (Å²) in [4.78, 5) is 32.9. The zero-order valence-electron chi connectivity index (χ0n) is 11.3. The van der Waals surface area contributed by atoms with Gasteiger partial charge < -0.3 is 20.5 Å². The molecule has 1 rings (SSSR count). The Hall–Kier alpha value is -2.09. The minimum absolute atomic E-state index is 0.242. The Balaban J connectivity index is 2.31. The molecule has 0 bridgehead atoms. The first-order valence-corrected chi connectivity index (χ1v) is 6.82. The number of rotatable bonds is 7. The zero-order valence-corrected chi connectivity index (χ0v) is 12.9. The lowest BCUT2D eigenvalue weighted by molar-refractivity contribution is -0.137. The summed E-state index contributed by atoms with van der Waals surface area (Å²) < 4.78 is 6.03. The molecule has 8 heteroatoms. The van der Waals surface area contributed by atoms with Gasteiger partial charge in [-0.3, -0.25) is 14.4 Å². The predicted molar refractivity (Wildman–Crippen MR) is 78.0 cm³/mol. The predicted octanol–water partition coefficient (Wildman–Crippen LogP) is 0.453. The average Bonchev–Trinajstić information content (AvgIpc) is 2.41. The second kappa shape index (κ2) is 8.25. The van der Waals surface area contributed by atoms with Gasteiger partial charge in [0.15, 0.2) is 6.61 Å². The molecule has 0 saturated heterocycles. The Kier molecular flexibility index (Phi) is 6.67. The second-order valence-corrected chi connectivity index (χ2v) is 5.02. The molecule has 0 saturated carbocycles. The highest BCUT2D eigenvalue weighted by atomic mass is 79.9. The van der Waals surface area contributed by atoms with Gasteiger partial charge in [0, 0.05) is 0 Å². The number of amides is 2. The number of hydrogen-bond donors (Lipinski definition) is 3. The molecule has 0 unspecified atom stereocenters. The van der Waals surface area contributed by atoms with Gasteiger partial charge in [0.25, 0.3) is 5.91 Å². The first kappa shape index (κ1) is 17.0. The monoisotopic (exact) mass is 358 g/mol. The summed E-state index contributed by atoms with van der Waals surface area (Å²) in [5.41, 5.74) is 1.05. The highest BCUT2D eigenvalue weighted by Crippen LogP contribution is 2.25. The van der Waals surface area contributed by atoms with Crippen LogP contribution in [0.4, 0.5) is 0 Å². The molecular weight excluding hydrogens is 344 g/mol. The molecule has 0 spiro atoms. The van der Waals surface area contributed by atoms with Crippen LogP contribution in [-0.2, 0) is 14.4 Å².